The van der Waals surface area contributed by atoms with Gasteiger partial charge in [0.2, 0.25) is 0 Å². The summed E-state index contributed by atoms with van der Waals surface area (Å²) in [6, 6.07) is 6.85. The van der Waals surface area contributed by atoms with Crippen LogP contribution in [0.1, 0.15) is 80.5 Å². The Bertz CT molecular complexity index is 2020. The molecule has 10 nitrogen and oxygen atoms in total. The molecule has 0 saturated carbocycles. The first-order valence-electron chi connectivity index (χ1n) is 16.2. The van der Waals surface area contributed by atoms with E-state index >= 15 is 0 Å². The Morgan fingerprint density at radius 3 is 1.37 bits per heavy atom. The fraction of sp³-hybridized carbons (Fsp3) is 0.429. The van der Waals surface area contributed by atoms with E-state index in [-0.39, 0.29) is 22.8 Å². The van der Waals surface area contributed by atoms with Crippen LogP contribution in [0.15, 0.2) is 36.4 Å². The lowest BCUT2D eigenvalue weighted by Crippen LogP contribution is -2.37. The zero-order valence-corrected chi connectivity index (χ0v) is 30.6. The van der Waals surface area contributed by atoms with Gasteiger partial charge in [0.15, 0.2) is 0 Å². The van der Waals surface area contributed by atoms with E-state index in [2.05, 4.69) is 4.74 Å². The number of carbonyl (C=O) groups excluding carboxylic acids is 3. The summed E-state index contributed by atoms with van der Waals surface area (Å²) in [5.41, 5.74) is -0.272. The highest BCUT2D eigenvalue weighted by molar-refractivity contribution is 7.21. The Labute approximate surface area is 313 Å². The van der Waals surface area contributed by atoms with Gasteiger partial charge in [0.25, 0.3) is 0 Å². The first-order valence-corrected chi connectivity index (χ1v) is 17.9. The molecule has 2 saturated heterocycles. The normalized spacial score (nSPS) is 15.6. The third kappa shape index (κ3) is 8.83. The first kappa shape index (κ1) is 42.1. The van der Waals surface area contributed by atoms with E-state index in [0.29, 0.717) is 88.0 Å². The quantitative estimate of drug-likeness (QED) is 0.123. The molecule has 2 aliphatic heterocycles. The molecule has 2 amide bonds. The third-order valence-electron chi connectivity index (χ3n) is 9.35. The minimum atomic E-state index is -4.48. The molecule has 6 rings (SSSR count). The molecular weight excluding hydrogens is 774 g/mol. The van der Waals surface area contributed by atoms with Crippen LogP contribution in [0.2, 0.25) is 0 Å². The number of hydrogen-bond acceptors (Lipinski definition) is 9. The van der Waals surface area contributed by atoms with E-state index in [1.165, 1.54) is 38.4 Å². The molecule has 0 bridgehead atoms. The van der Waals surface area contributed by atoms with Gasteiger partial charge in [0.1, 0.15) is 9.75 Å². The second-order valence-corrected chi connectivity index (χ2v) is 14.5. The number of likely N-dealkylation sites (tertiary alicyclic amines) is 2. The number of rotatable bonds is 4. The summed E-state index contributed by atoms with van der Waals surface area (Å²) < 4.78 is 92.8. The van der Waals surface area contributed by atoms with Crippen molar-refractivity contribution in [3.8, 4) is 0 Å². The number of fused-ring (bicyclic) bond motifs is 2. The molecule has 4 aromatic rings. The van der Waals surface area contributed by atoms with Crippen LogP contribution in [0.5, 0.6) is 0 Å². The summed E-state index contributed by atoms with van der Waals surface area (Å²) in [7, 11) is 3.85. The highest BCUT2D eigenvalue weighted by Crippen LogP contribution is 2.44. The van der Waals surface area contributed by atoms with Crippen LogP contribution in [0, 0.1) is 0 Å². The minimum absolute atomic E-state index is 0. The Kier molecular flexibility index (Phi) is 13.1. The molecule has 0 aliphatic carbocycles. The number of carboxylic acids is 1. The number of amides is 2. The second-order valence-electron chi connectivity index (χ2n) is 12.4. The number of carboxylic acid groups (broad SMARTS) is 1. The van der Waals surface area contributed by atoms with E-state index < -0.39 is 47.6 Å². The maximum Gasteiger partial charge on any atom is 0.416 e. The van der Waals surface area contributed by atoms with Crippen LogP contribution >= 0.6 is 22.7 Å². The lowest BCUT2D eigenvalue weighted by molar-refractivity contribution is -0.138. The van der Waals surface area contributed by atoms with E-state index in [4.69, 9.17) is 9.47 Å². The third-order valence-corrected chi connectivity index (χ3v) is 11.7. The molecule has 296 valence electrons. The van der Waals surface area contributed by atoms with Crippen LogP contribution in [0.25, 0.3) is 20.2 Å². The SMILES string of the molecule is COC(=O)N1CCC(c2c(C(=O)O)sc3cc(C(F)(F)F)ccc23)CC1.COC(=O)c1sc2cc(C(F)(F)F)ccc2c1C1CCN(C(=O)OC)CC1.F.[3HH]. The molecule has 0 atom stereocenters. The summed E-state index contributed by atoms with van der Waals surface area (Å²) in [4.78, 5) is 50.6. The smallest absolute Gasteiger partial charge is 0.416 e. The predicted molar refractivity (Wildman–Crippen MR) is 188 cm³/mol. The number of esters is 1. The van der Waals surface area contributed by atoms with Crippen molar-refractivity contribution in [3.05, 3.63) is 68.4 Å². The number of aromatic carboxylic acids is 1. The molecule has 0 unspecified atom stereocenters. The van der Waals surface area contributed by atoms with E-state index in [0.717, 1.165) is 46.9 Å². The molecule has 19 heteroatoms. The maximum atomic E-state index is 13.0. The van der Waals surface area contributed by atoms with Crippen molar-refractivity contribution < 1.29 is 71.0 Å². The molecule has 54 heavy (non-hydrogen) atoms. The topological polar surface area (TPSA) is 123 Å². The molecule has 2 aromatic heterocycles. The van der Waals surface area contributed by atoms with E-state index in [9.17, 15) is 50.6 Å². The van der Waals surface area contributed by atoms with E-state index in [1.807, 2.05) is 0 Å². The van der Waals surface area contributed by atoms with Crippen molar-refractivity contribution in [2.75, 3.05) is 47.5 Å². The van der Waals surface area contributed by atoms with Crippen LogP contribution in [-0.2, 0) is 26.6 Å². The first-order chi connectivity index (χ1) is 25.0. The van der Waals surface area contributed by atoms with Gasteiger partial charge < -0.3 is 29.1 Å². The molecule has 2 fully saturated rings. The van der Waals surface area contributed by atoms with Gasteiger partial charge in [0.05, 0.1) is 32.5 Å². The van der Waals surface area contributed by atoms with E-state index in [1.54, 1.807) is 4.90 Å². The number of alkyl halides is 6. The number of thiophene rings is 2. The van der Waals surface area contributed by atoms with Gasteiger partial charge in [-0.05, 0) is 83.7 Å². The Balaban J connectivity index is 0.000000285. The fourth-order valence-corrected chi connectivity index (χ4v) is 9.17. The van der Waals surface area contributed by atoms with Crippen molar-refractivity contribution in [1.29, 1.82) is 0 Å². The van der Waals surface area contributed by atoms with Gasteiger partial charge in [-0.15, -0.1) is 22.7 Å². The van der Waals surface area contributed by atoms with Crippen molar-refractivity contribution in [3.63, 3.8) is 0 Å². The van der Waals surface area contributed by atoms with Crippen molar-refractivity contribution in [2.24, 2.45) is 0 Å². The standard InChI is InChI=1S/C18H18F3NO4S.C17H16F3NO4S.FH.H2/c1-25-16(23)15-14(10-5-7-22(8-6-10)17(24)26-2)12-4-3-11(18(19,20)21)9-13(12)27-15;1-25-16(24)21-6-4-9(5-7-21)13-11-3-2-10(17(18,19)20)8-12(11)26-14(13)15(22)23;;/h3-4,9-10H,5-8H2,1-2H3;2-3,8-9H,4-7H2,1H3,(H,22,23);2*1H/i;;;1+2. The Morgan fingerprint density at radius 2 is 1.04 bits per heavy atom. The Hall–Kier alpha value is -4.65. The van der Waals surface area contributed by atoms with Gasteiger partial charge >= 0.3 is 36.5 Å². The highest BCUT2D eigenvalue weighted by atomic mass is 32.1. The van der Waals surface area contributed by atoms with Gasteiger partial charge in [-0.3, -0.25) is 4.70 Å². The van der Waals surface area contributed by atoms with Crippen LogP contribution < -0.4 is 0 Å². The van der Waals surface area contributed by atoms with Crippen molar-refractivity contribution in [1.82, 2.24) is 9.80 Å². The summed E-state index contributed by atoms with van der Waals surface area (Å²) >= 11 is 1.88. The van der Waals surface area contributed by atoms with Gasteiger partial charge in [-0.25, -0.2) is 19.2 Å². The number of carbonyl (C=O) groups is 4. The minimum Gasteiger partial charge on any atom is -0.477 e. The number of hydrogen-bond donors (Lipinski definition) is 1. The molecule has 2 aliphatic rings. The van der Waals surface area contributed by atoms with Gasteiger partial charge in [-0.2, -0.15) is 26.3 Å². The number of methoxy groups -OCH3 is 3. The average Bonchev–Trinajstić information content (AvgIpc) is 3.72. The van der Waals surface area contributed by atoms with Crippen LogP contribution in [0.4, 0.5) is 40.6 Å². The molecule has 1 N–H and O–H groups in total. The summed E-state index contributed by atoms with van der Waals surface area (Å²) in [6.45, 7) is 1.73. The summed E-state index contributed by atoms with van der Waals surface area (Å²) in [6.07, 6.45) is -7.54. The molecule has 0 spiro atoms. The number of halogens is 7. The Morgan fingerprint density at radius 1 is 0.667 bits per heavy atom. The fourth-order valence-electron chi connectivity index (χ4n) is 6.76. The maximum absolute atomic E-state index is 13.0. The monoisotopic (exact) mass is 812 g/mol. The van der Waals surface area contributed by atoms with Crippen molar-refractivity contribution >= 4 is 67.0 Å². The van der Waals surface area contributed by atoms with Crippen molar-refractivity contribution in [2.45, 2.75) is 49.9 Å². The number of benzene rings is 2. The zero-order valence-electron chi connectivity index (χ0n) is 29.0. The average molecular weight is 813 g/mol. The highest BCUT2D eigenvalue weighted by Gasteiger charge is 2.35. The summed E-state index contributed by atoms with van der Waals surface area (Å²) in [5, 5.41) is 10.7. The van der Waals surface area contributed by atoms with Crippen LogP contribution in [0.3, 0.4) is 0 Å². The molecular formula is C35H37F7N2O8S2. The molecule has 4 heterocycles. The summed E-state index contributed by atoms with van der Waals surface area (Å²) in [5.74, 6) is -1.89. The molecule has 0 radical (unpaired) electrons. The van der Waals surface area contributed by atoms with Crippen LogP contribution in [-0.4, -0.2) is 86.5 Å². The lowest BCUT2D eigenvalue weighted by atomic mass is 9.87. The number of ether oxygens (including phenoxy) is 3. The molecule has 2 aromatic carbocycles. The largest absolute Gasteiger partial charge is 0.477 e. The zero-order chi connectivity index (χ0) is 38.8. The van der Waals surface area contributed by atoms with Gasteiger partial charge in [0, 0.05) is 37.0 Å². The number of nitrogens with zero attached hydrogens (tertiary/aromatic N) is 2. The second kappa shape index (κ2) is 16.8. The predicted octanol–water partition coefficient (Wildman–Crippen LogP) is 9.62. The van der Waals surface area contributed by atoms with Gasteiger partial charge in [-0.1, -0.05) is 12.1 Å². The lowest BCUT2D eigenvalue weighted by Gasteiger charge is -2.31. The number of piperidine rings is 2.